The zero-order chi connectivity index (χ0) is 14.8. The van der Waals surface area contributed by atoms with Gasteiger partial charge in [-0.2, -0.15) is 0 Å². The third-order valence-electron chi connectivity index (χ3n) is 3.49. The van der Waals surface area contributed by atoms with Crippen molar-refractivity contribution in [2.45, 2.75) is 19.3 Å². The Balaban J connectivity index is 1.67. The Hall–Kier alpha value is -1.72. The monoisotopic (exact) mass is 321 g/mol. The number of nitrogen functional groups attached to an aromatic ring is 1. The summed E-state index contributed by atoms with van der Waals surface area (Å²) in [5.41, 5.74) is 9.58. The number of fused-ring (bicyclic) bond motifs is 1. The van der Waals surface area contributed by atoms with Crippen molar-refractivity contribution < 1.29 is 4.79 Å². The average Bonchev–Trinajstić information content (AvgIpc) is 2.85. The molecule has 0 unspecified atom stereocenters. The Morgan fingerprint density at radius 3 is 2.95 bits per heavy atom. The van der Waals surface area contributed by atoms with Crippen molar-refractivity contribution in [2.75, 3.05) is 22.9 Å². The van der Waals surface area contributed by atoms with Crippen LogP contribution in [0.3, 0.4) is 0 Å². The fourth-order valence-corrected chi connectivity index (χ4v) is 3.49. The lowest BCUT2D eigenvalue weighted by molar-refractivity contribution is -0.116. The van der Waals surface area contributed by atoms with Crippen LogP contribution in [0.2, 0.25) is 4.34 Å². The van der Waals surface area contributed by atoms with Gasteiger partial charge in [0.1, 0.15) is 0 Å². The molecule has 2 heterocycles. The standard InChI is InChI=1S/C15H16ClN3OS/c16-14-3-2-10(21-14)5-6-18-13-7-9-1-4-15(20)19-12(9)8-11(13)17/h2-3,7-8,18H,1,4-6,17H2,(H,19,20). The van der Waals surface area contributed by atoms with Crippen LogP contribution in [-0.4, -0.2) is 12.5 Å². The molecular formula is C15H16ClN3OS. The Morgan fingerprint density at radius 1 is 1.33 bits per heavy atom. The van der Waals surface area contributed by atoms with Crippen molar-refractivity contribution in [1.29, 1.82) is 0 Å². The number of aryl methyl sites for hydroxylation is 1. The molecule has 21 heavy (non-hydrogen) atoms. The minimum absolute atomic E-state index is 0.0529. The fraction of sp³-hybridized carbons (Fsp3) is 0.267. The second kappa shape index (κ2) is 5.95. The van der Waals surface area contributed by atoms with Crippen molar-refractivity contribution in [1.82, 2.24) is 0 Å². The number of carbonyl (C=O) groups is 1. The lowest BCUT2D eigenvalue weighted by atomic mass is 10.0. The highest BCUT2D eigenvalue weighted by atomic mass is 35.5. The van der Waals surface area contributed by atoms with Gasteiger partial charge in [-0.05, 0) is 42.7 Å². The molecular weight excluding hydrogens is 306 g/mol. The van der Waals surface area contributed by atoms with Gasteiger partial charge in [0, 0.05) is 23.5 Å². The molecule has 0 spiro atoms. The summed E-state index contributed by atoms with van der Waals surface area (Å²) in [7, 11) is 0. The normalized spacial score (nSPS) is 13.7. The van der Waals surface area contributed by atoms with Crippen LogP contribution in [0.25, 0.3) is 0 Å². The van der Waals surface area contributed by atoms with Crippen molar-refractivity contribution in [3.8, 4) is 0 Å². The summed E-state index contributed by atoms with van der Waals surface area (Å²) in [5, 5.41) is 6.21. The molecule has 0 aliphatic carbocycles. The molecule has 110 valence electrons. The number of rotatable bonds is 4. The number of hydrogen-bond acceptors (Lipinski definition) is 4. The summed E-state index contributed by atoms with van der Waals surface area (Å²) in [5.74, 6) is 0.0529. The highest BCUT2D eigenvalue weighted by Crippen LogP contribution is 2.31. The molecule has 1 aliphatic heterocycles. The average molecular weight is 322 g/mol. The zero-order valence-electron chi connectivity index (χ0n) is 11.4. The van der Waals surface area contributed by atoms with Gasteiger partial charge in [0.05, 0.1) is 15.7 Å². The number of nitrogens with two attached hydrogens (primary N) is 1. The summed E-state index contributed by atoms with van der Waals surface area (Å²) < 4.78 is 0.814. The number of amides is 1. The molecule has 1 amide bonds. The first-order valence-electron chi connectivity index (χ1n) is 6.82. The zero-order valence-corrected chi connectivity index (χ0v) is 13.0. The molecule has 3 rings (SSSR count). The van der Waals surface area contributed by atoms with Gasteiger partial charge in [-0.3, -0.25) is 4.79 Å². The van der Waals surface area contributed by atoms with E-state index in [0.29, 0.717) is 12.1 Å². The van der Waals surface area contributed by atoms with Gasteiger partial charge in [-0.15, -0.1) is 11.3 Å². The summed E-state index contributed by atoms with van der Waals surface area (Å²) in [6.45, 7) is 0.798. The van der Waals surface area contributed by atoms with E-state index >= 15 is 0 Å². The molecule has 1 aromatic heterocycles. The van der Waals surface area contributed by atoms with Gasteiger partial charge in [0.2, 0.25) is 5.91 Å². The minimum atomic E-state index is 0.0529. The fourth-order valence-electron chi connectivity index (χ4n) is 2.40. The van der Waals surface area contributed by atoms with E-state index in [9.17, 15) is 4.79 Å². The van der Waals surface area contributed by atoms with Crippen LogP contribution in [0.5, 0.6) is 0 Å². The van der Waals surface area contributed by atoms with Crippen LogP contribution in [0, 0.1) is 0 Å². The lowest BCUT2D eigenvalue weighted by Crippen LogP contribution is -2.19. The van der Waals surface area contributed by atoms with E-state index in [1.54, 1.807) is 11.3 Å². The van der Waals surface area contributed by atoms with E-state index in [-0.39, 0.29) is 5.91 Å². The largest absolute Gasteiger partial charge is 0.397 e. The van der Waals surface area contributed by atoms with E-state index in [2.05, 4.69) is 10.6 Å². The molecule has 4 N–H and O–H groups in total. The van der Waals surface area contributed by atoms with Gasteiger partial charge in [-0.25, -0.2) is 0 Å². The number of benzene rings is 1. The summed E-state index contributed by atoms with van der Waals surface area (Å²) in [6, 6.07) is 7.82. The minimum Gasteiger partial charge on any atom is -0.397 e. The topological polar surface area (TPSA) is 67.1 Å². The number of thiophene rings is 1. The Bertz CT molecular complexity index is 684. The number of anilines is 3. The maximum absolute atomic E-state index is 11.4. The second-order valence-electron chi connectivity index (χ2n) is 5.03. The first-order chi connectivity index (χ1) is 10.1. The molecule has 0 saturated heterocycles. The second-order valence-corrected chi connectivity index (χ2v) is 6.83. The van der Waals surface area contributed by atoms with Gasteiger partial charge in [0.25, 0.3) is 0 Å². The maximum Gasteiger partial charge on any atom is 0.224 e. The maximum atomic E-state index is 11.4. The van der Waals surface area contributed by atoms with E-state index in [1.807, 2.05) is 24.3 Å². The van der Waals surface area contributed by atoms with Gasteiger partial charge in [0.15, 0.2) is 0 Å². The third-order valence-corrected chi connectivity index (χ3v) is 4.78. The van der Waals surface area contributed by atoms with Crippen molar-refractivity contribution >= 4 is 45.9 Å². The molecule has 4 nitrogen and oxygen atoms in total. The predicted molar refractivity (Wildman–Crippen MR) is 89.3 cm³/mol. The highest BCUT2D eigenvalue weighted by molar-refractivity contribution is 7.16. The van der Waals surface area contributed by atoms with Crippen molar-refractivity contribution in [2.24, 2.45) is 0 Å². The SMILES string of the molecule is Nc1cc2c(cc1NCCc1ccc(Cl)s1)CCC(=O)N2. The first kappa shape index (κ1) is 14.2. The van der Waals surface area contributed by atoms with E-state index in [0.717, 1.165) is 40.7 Å². The first-order valence-corrected chi connectivity index (χ1v) is 8.01. The van der Waals surface area contributed by atoms with Gasteiger partial charge >= 0.3 is 0 Å². The molecule has 0 atom stereocenters. The molecule has 0 saturated carbocycles. The predicted octanol–water partition coefficient (Wildman–Crippen LogP) is 3.52. The van der Waals surface area contributed by atoms with Gasteiger partial charge in [-0.1, -0.05) is 11.6 Å². The van der Waals surface area contributed by atoms with E-state index in [1.165, 1.54) is 4.88 Å². The number of nitrogens with one attached hydrogen (secondary N) is 2. The number of hydrogen-bond donors (Lipinski definition) is 3. The van der Waals surface area contributed by atoms with Crippen LogP contribution in [0.15, 0.2) is 24.3 Å². The highest BCUT2D eigenvalue weighted by Gasteiger charge is 2.16. The third kappa shape index (κ3) is 3.31. The lowest BCUT2D eigenvalue weighted by Gasteiger charge is -2.19. The number of halogens is 1. The number of carbonyl (C=O) groups excluding carboxylic acids is 1. The van der Waals surface area contributed by atoms with Crippen molar-refractivity contribution in [3.05, 3.63) is 39.0 Å². The Morgan fingerprint density at radius 2 is 2.19 bits per heavy atom. The summed E-state index contributed by atoms with van der Waals surface area (Å²) in [4.78, 5) is 12.6. The summed E-state index contributed by atoms with van der Waals surface area (Å²) >= 11 is 7.51. The quantitative estimate of drug-likeness (QED) is 0.755. The van der Waals surface area contributed by atoms with Crippen LogP contribution >= 0.6 is 22.9 Å². The van der Waals surface area contributed by atoms with E-state index in [4.69, 9.17) is 17.3 Å². The molecule has 0 fully saturated rings. The molecule has 6 heteroatoms. The Kier molecular flexibility index (Phi) is 4.03. The van der Waals surface area contributed by atoms with Crippen LogP contribution in [-0.2, 0) is 17.6 Å². The molecule has 2 aromatic rings. The Labute approximate surface area is 132 Å². The van der Waals surface area contributed by atoms with Crippen LogP contribution < -0.4 is 16.4 Å². The molecule has 0 radical (unpaired) electrons. The van der Waals surface area contributed by atoms with Crippen molar-refractivity contribution in [3.63, 3.8) is 0 Å². The molecule has 1 aromatic carbocycles. The summed E-state index contributed by atoms with van der Waals surface area (Å²) in [6.07, 6.45) is 2.20. The van der Waals surface area contributed by atoms with Crippen LogP contribution in [0.4, 0.5) is 17.1 Å². The van der Waals surface area contributed by atoms with Gasteiger partial charge < -0.3 is 16.4 Å². The molecule has 1 aliphatic rings. The van der Waals surface area contributed by atoms with E-state index < -0.39 is 0 Å². The smallest absolute Gasteiger partial charge is 0.224 e. The molecule has 0 bridgehead atoms. The van der Waals surface area contributed by atoms with Crippen LogP contribution in [0.1, 0.15) is 16.9 Å².